The third kappa shape index (κ3) is 2.60. The van der Waals surface area contributed by atoms with Crippen LogP contribution in [0.15, 0.2) is 12.1 Å². The molecule has 0 aliphatic rings. The molecular formula is C12H17ClO3. The van der Waals surface area contributed by atoms with E-state index < -0.39 is 6.10 Å². The van der Waals surface area contributed by atoms with Crippen LogP contribution in [-0.4, -0.2) is 19.3 Å². The summed E-state index contributed by atoms with van der Waals surface area (Å²) in [6.07, 6.45) is 1.02. The average Bonchev–Trinajstić information content (AvgIpc) is 2.28. The van der Waals surface area contributed by atoms with Gasteiger partial charge < -0.3 is 14.6 Å². The molecule has 0 aliphatic heterocycles. The molecule has 1 aromatic rings. The van der Waals surface area contributed by atoms with Crippen LogP contribution in [0.2, 0.25) is 5.02 Å². The molecule has 1 N–H and O–H groups in total. The maximum Gasteiger partial charge on any atom is 0.147 e. The van der Waals surface area contributed by atoms with E-state index in [0.717, 1.165) is 6.42 Å². The van der Waals surface area contributed by atoms with Gasteiger partial charge in [0.15, 0.2) is 0 Å². The molecule has 4 heteroatoms. The monoisotopic (exact) mass is 244 g/mol. The van der Waals surface area contributed by atoms with E-state index in [1.807, 2.05) is 6.92 Å². The topological polar surface area (TPSA) is 38.7 Å². The zero-order valence-electron chi connectivity index (χ0n) is 9.79. The zero-order valence-corrected chi connectivity index (χ0v) is 10.5. The Balaban J connectivity index is 3.14. The summed E-state index contributed by atoms with van der Waals surface area (Å²) in [4.78, 5) is 0. The Morgan fingerprint density at radius 2 is 2.00 bits per heavy atom. The van der Waals surface area contributed by atoms with Crippen LogP contribution < -0.4 is 9.47 Å². The minimum Gasteiger partial charge on any atom is -0.495 e. The second-order valence-corrected chi connectivity index (χ2v) is 3.89. The van der Waals surface area contributed by atoms with Gasteiger partial charge in [-0.25, -0.2) is 0 Å². The van der Waals surface area contributed by atoms with Crippen molar-refractivity contribution in [1.29, 1.82) is 0 Å². The number of ether oxygens (including phenoxy) is 2. The fourth-order valence-electron chi connectivity index (χ4n) is 1.61. The number of rotatable bonds is 5. The lowest BCUT2D eigenvalue weighted by molar-refractivity contribution is 0.162. The molecule has 0 saturated heterocycles. The fraction of sp³-hybridized carbons (Fsp3) is 0.500. The molecule has 0 amide bonds. The van der Waals surface area contributed by atoms with Crippen molar-refractivity contribution in [2.75, 3.05) is 14.2 Å². The Bertz CT molecular complexity index is 352. The van der Waals surface area contributed by atoms with Crippen LogP contribution in [0.1, 0.15) is 31.4 Å². The Morgan fingerprint density at radius 3 is 2.50 bits per heavy atom. The Morgan fingerprint density at radius 1 is 1.31 bits per heavy atom. The summed E-state index contributed by atoms with van der Waals surface area (Å²) in [6.45, 7) is 2.01. The van der Waals surface area contributed by atoms with Crippen LogP contribution in [0, 0.1) is 0 Å². The molecule has 0 saturated carbocycles. The third-order valence-electron chi connectivity index (χ3n) is 2.44. The third-order valence-corrected chi connectivity index (χ3v) is 2.80. The number of benzene rings is 1. The van der Waals surface area contributed by atoms with E-state index in [1.165, 1.54) is 7.11 Å². The van der Waals surface area contributed by atoms with Gasteiger partial charge in [0.25, 0.3) is 0 Å². The molecule has 3 nitrogen and oxygen atoms in total. The van der Waals surface area contributed by atoms with E-state index >= 15 is 0 Å². The van der Waals surface area contributed by atoms with E-state index in [0.29, 0.717) is 28.5 Å². The van der Waals surface area contributed by atoms with Gasteiger partial charge in [0.1, 0.15) is 16.5 Å². The van der Waals surface area contributed by atoms with Gasteiger partial charge in [-0.05, 0) is 18.6 Å². The van der Waals surface area contributed by atoms with Crippen molar-refractivity contribution in [3.8, 4) is 11.5 Å². The summed E-state index contributed by atoms with van der Waals surface area (Å²) >= 11 is 6.10. The van der Waals surface area contributed by atoms with Gasteiger partial charge in [0.05, 0.1) is 20.3 Å². The van der Waals surface area contributed by atoms with Crippen LogP contribution in [0.5, 0.6) is 11.5 Å². The van der Waals surface area contributed by atoms with Gasteiger partial charge >= 0.3 is 0 Å². The molecule has 0 bridgehead atoms. The lowest BCUT2D eigenvalue weighted by Crippen LogP contribution is -2.01. The highest BCUT2D eigenvalue weighted by Gasteiger charge is 2.18. The molecular weight excluding hydrogens is 228 g/mol. The second-order valence-electron chi connectivity index (χ2n) is 3.51. The van der Waals surface area contributed by atoms with E-state index in [-0.39, 0.29) is 0 Å². The highest BCUT2D eigenvalue weighted by atomic mass is 35.5. The lowest BCUT2D eigenvalue weighted by Gasteiger charge is -2.16. The van der Waals surface area contributed by atoms with Gasteiger partial charge in [-0.3, -0.25) is 0 Å². The number of aliphatic hydroxyl groups excluding tert-OH is 1. The van der Waals surface area contributed by atoms with Crippen LogP contribution in [0.3, 0.4) is 0 Å². The fourth-order valence-corrected chi connectivity index (χ4v) is 1.94. The largest absolute Gasteiger partial charge is 0.495 e. The summed E-state index contributed by atoms with van der Waals surface area (Å²) in [6, 6.07) is 3.52. The lowest BCUT2D eigenvalue weighted by atomic mass is 10.0. The van der Waals surface area contributed by atoms with Crippen molar-refractivity contribution in [2.45, 2.75) is 25.9 Å². The SMILES string of the molecule is CCCC(O)c1ccc(OC)c(Cl)c1OC. The first-order chi connectivity index (χ1) is 7.65. The number of aliphatic hydroxyl groups is 1. The summed E-state index contributed by atoms with van der Waals surface area (Å²) in [5, 5.41) is 10.3. The van der Waals surface area contributed by atoms with Crippen LogP contribution in [0.25, 0.3) is 0 Å². The molecule has 1 rings (SSSR count). The standard InChI is InChI=1S/C12H17ClO3/c1-4-5-9(14)8-6-7-10(15-2)11(13)12(8)16-3/h6-7,9,14H,4-5H2,1-3H3. The van der Waals surface area contributed by atoms with Crippen molar-refractivity contribution in [3.05, 3.63) is 22.7 Å². The van der Waals surface area contributed by atoms with Gasteiger partial charge in [-0.1, -0.05) is 24.9 Å². The Hall–Kier alpha value is -0.930. The van der Waals surface area contributed by atoms with Crippen LogP contribution >= 0.6 is 11.6 Å². The van der Waals surface area contributed by atoms with Gasteiger partial charge in [0, 0.05) is 5.56 Å². The van der Waals surface area contributed by atoms with Crippen LogP contribution in [-0.2, 0) is 0 Å². The second kappa shape index (κ2) is 5.97. The molecule has 0 heterocycles. The molecule has 0 spiro atoms. The minimum absolute atomic E-state index is 0.401. The molecule has 0 radical (unpaired) electrons. The van der Waals surface area contributed by atoms with Crippen LogP contribution in [0.4, 0.5) is 0 Å². The van der Waals surface area contributed by atoms with Crippen molar-refractivity contribution in [2.24, 2.45) is 0 Å². The maximum absolute atomic E-state index is 9.94. The normalized spacial score (nSPS) is 12.3. The first kappa shape index (κ1) is 13.1. The Labute approximate surface area is 101 Å². The van der Waals surface area contributed by atoms with Gasteiger partial charge in [-0.15, -0.1) is 0 Å². The van der Waals surface area contributed by atoms with Crippen molar-refractivity contribution in [3.63, 3.8) is 0 Å². The summed E-state index contributed by atoms with van der Waals surface area (Å²) in [7, 11) is 3.08. The zero-order chi connectivity index (χ0) is 12.1. The molecule has 1 aromatic carbocycles. The number of hydrogen-bond donors (Lipinski definition) is 1. The molecule has 1 unspecified atom stereocenters. The molecule has 0 aliphatic carbocycles. The van der Waals surface area contributed by atoms with E-state index in [2.05, 4.69) is 0 Å². The molecule has 0 aromatic heterocycles. The molecule has 1 atom stereocenters. The number of halogens is 1. The van der Waals surface area contributed by atoms with Crippen molar-refractivity contribution >= 4 is 11.6 Å². The minimum atomic E-state index is -0.552. The van der Waals surface area contributed by atoms with E-state index in [9.17, 15) is 5.11 Å². The van der Waals surface area contributed by atoms with E-state index in [1.54, 1.807) is 19.2 Å². The Kier molecular flexibility index (Phi) is 4.90. The summed E-state index contributed by atoms with van der Waals surface area (Å²) in [5.74, 6) is 1.04. The van der Waals surface area contributed by atoms with Gasteiger partial charge in [-0.2, -0.15) is 0 Å². The predicted octanol–water partition coefficient (Wildman–Crippen LogP) is 3.19. The average molecular weight is 245 g/mol. The van der Waals surface area contributed by atoms with Gasteiger partial charge in [0.2, 0.25) is 0 Å². The highest BCUT2D eigenvalue weighted by Crippen LogP contribution is 2.40. The predicted molar refractivity (Wildman–Crippen MR) is 64.4 cm³/mol. The first-order valence-electron chi connectivity index (χ1n) is 5.24. The summed E-state index contributed by atoms with van der Waals surface area (Å²) < 4.78 is 10.3. The van der Waals surface area contributed by atoms with Crippen molar-refractivity contribution < 1.29 is 14.6 Å². The van der Waals surface area contributed by atoms with Crippen molar-refractivity contribution in [1.82, 2.24) is 0 Å². The molecule has 0 fully saturated rings. The highest BCUT2D eigenvalue weighted by molar-refractivity contribution is 6.33. The summed E-state index contributed by atoms with van der Waals surface area (Å²) in [5.41, 5.74) is 0.704. The maximum atomic E-state index is 9.94. The smallest absolute Gasteiger partial charge is 0.147 e. The quantitative estimate of drug-likeness (QED) is 0.865. The number of methoxy groups -OCH3 is 2. The number of hydrogen-bond acceptors (Lipinski definition) is 3. The first-order valence-corrected chi connectivity index (χ1v) is 5.61. The van der Waals surface area contributed by atoms with E-state index in [4.69, 9.17) is 21.1 Å². The molecule has 16 heavy (non-hydrogen) atoms. The molecule has 90 valence electrons.